The highest BCUT2D eigenvalue weighted by molar-refractivity contribution is 7.71. The number of unbranched alkanes of at least 4 members (excludes halogenated alkanes) is 1. The van der Waals surface area contributed by atoms with Crippen molar-refractivity contribution in [2.75, 3.05) is 0 Å². The van der Waals surface area contributed by atoms with Crippen molar-refractivity contribution in [1.82, 2.24) is 24.3 Å². The van der Waals surface area contributed by atoms with E-state index in [1.54, 1.807) is 0 Å². The molecule has 1 N–H and O–H groups in total. The molecule has 0 spiro atoms. The second-order valence-corrected chi connectivity index (χ2v) is 5.09. The number of nitrogens with one attached hydrogen (secondary N) is 1. The van der Waals surface area contributed by atoms with Gasteiger partial charge in [-0.3, -0.25) is 5.10 Å². The molecule has 98 valence electrons. The van der Waals surface area contributed by atoms with E-state index in [0.717, 1.165) is 36.5 Å². The van der Waals surface area contributed by atoms with Crippen molar-refractivity contribution in [2.45, 2.75) is 45.7 Å². The molecule has 5 nitrogen and oxygen atoms in total. The molecular formula is C12H19N5S. The number of hydrogen-bond acceptors (Lipinski definition) is 3. The lowest BCUT2D eigenvalue weighted by Gasteiger charge is -2.09. The maximum absolute atomic E-state index is 5.25. The fourth-order valence-corrected chi connectivity index (χ4v) is 2.20. The molecule has 0 aliphatic carbocycles. The fraction of sp³-hybridized carbons (Fsp3) is 0.583. The van der Waals surface area contributed by atoms with Crippen LogP contribution in [-0.2, 0) is 13.1 Å². The van der Waals surface area contributed by atoms with Crippen LogP contribution in [0.25, 0.3) is 0 Å². The second-order valence-electron chi connectivity index (χ2n) is 4.70. The lowest BCUT2D eigenvalue weighted by atomic mass is 10.2. The molecular weight excluding hydrogens is 246 g/mol. The summed E-state index contributed by atoms with van der Waals surface area (Å²) >= 11 is 5.25. The molecule has 2 aromatic heterocycles. The molecule has 6 heteroatoms. The molecule has 0 saturated heterocycles. The van der Waals surface area contributed by atoms with Gasteiger partial charge in [-0.1, -0.05) is 13.8 Å². The Morgan fingerprint density at radius 3 is 2.78 bits per heavy atom. The Labute approximate surface area is 112 Å². The zero-order valence-electron chi connectivity index (χ0n) is 10.8. The fourth-order valence-electron chi connectivity index (χ4n) is 1.97. The number of nitrogens with zero attached hydrogens (tertiary/aromatic N) is 4. The normalized spacial score (nSPS) is 11.3. The lowest BCUT2D eigenvalue weighted by molar-refractivity contribution is 0.529. The Morgan fingerprint density at radius 2 is 2.11 bits per heavy atom. The summed E-state index contributed by atoms with van der Waals surface area (Å²) in [5.74, 6) is 1.44. The quantitative estimate of drug-likeness (QED) is 0.645. The van der Waals surface area contributed by atoms with E-state index in [0.29, 0.717) is 5.92 Å². The monoisotopic (exact) mass is 265 g/mol. The number of imidazole rings is 1. The van der Waals surface area contributed by atoms with E-state index in [1.807, 2.05) is 18.7 Å². The van der Waals surface area contributed by atoms with E-state index in [4.69, 9.17) is 12.2 Å². The molecule has 0 fully saturated rings. The van der Waals surface area contributed by atoms with Crippen LogP contribution in [-0.4, -0.2) is 24.3 Å². The van der Waals surface area contributed by atoms with Crippen molar-refractivity contribution >= 4 is 12.2 Å². The van der Waals surface area contributed by atoms with E-state index in [1.165, 1.54) is 0 Å². The van der Waals surface area contributed by atoms with E-state index in [-0.39, 0.29) is 0 Å². The van der Waals surface area contributed by atoms with Gasteiger partial charge >= 0.3 is 0 Å². The summed E-state index contributed by atoms with van der Waals surface area (Å²) in [6.45, 7) is 6.19. The first-order chi connectivity index (χ1) is 8.68. The van der Waals surface area contributed by atoms with Crippen molar-refractivity contribution in [2.24, 2.45) is 0 Å². The Hall–Kier alpha value is -1.43. The van der Waals surface area contributed by atoms with E-state index in [9.17, 15) is 0 Å². The number of aryl methyl sites for hydroxylation is 1. The largest absolute Gasteiger partial charge is 0.337 e. The summed E-state index contributed by atoms with van der Waals surface area (Å²) in [7, 11) is 0. The molecule has 0 radical (unpaired) electrons. The van der Waals surface area contributed by atoms with Gasteiger partial charge in [0, 0.05) is 31.4 Å². The summed E-state index contributed by atoms with van der Waals surface area (Å²) < 4.78 is 4.92. The van der Waals surface area contributed by atoms with Gasteiger partial charge in [0.15, 0.2) is 4.77 Å². The number of H-pyrrole nitrogens is 1. The summed E-state index contributed by atoms with van der Waals surface area (Å²) in [5.41, 5.74) is 0. The van der Waals surface area contributed by atoms with Crippen molar-refractivity contribution in [1.29, 1.82) is 0 Å². The third kappa shape index (κ3) is 3.07. The maximum Gasteiger partial charge on any atom is 0.195 e. The number of aromatic nitrogens is 5. The first kappa shape index (κ1) is 13.0. The van der Waals surface area contributed by atoms with Crippen LogP contribution in [0.3, 0.4) is 0 Å². The third-order valence-corrected chi connectivity index (χ3v) is 3.22. The van der Waals surface area contributed by atoms with Crippen molar-refractivity contribution in [3.8, 4) is 0 Å². The lowest BCUT2D eigenvalue weighted by Crippen LogP contribution is -2.07. The molecule has 0 aliphatic heterocycles. The molecule has 2 rings (SSSR count). The Balaban J connectivity index is 1.86. The van der Waals surface area contributed by atoms with Crippen LogP contribution in [0.15, 0.2) is 18.7 Å². The minimum atomic E-state index is 0.395. The van der Waals surface area contributed by atoms with Gasteiger partial charge in [-0.15, -0.1) is 0 Å². The first-order valence-electron chi connectivity index (χ1n) is 6.29. The maximum atomic E-state index is 5.25. The molecule has 0 bridgehead atoms. The minimum absolute atomic E-state index is 0.395. The second kappa shape index (κ2) is 5.95. The van der Waals surface area contributed by atoms with Crippen LogP contribution >= 0.6 is 12.2 Å². The highest BCUT2D eigenvalue weighted by Gasteiger charge is 2.09. The number of rotatable bonds is 6. The van der Waals surface area contributed by atoms with Gasteiger partial charge in [-0.2, -0.15) is 5.10 Å². The van der Waals surface area contributed by atoms with Crippen LogP contribution in [0.4, 0.5) is 0 Å². The van der Waals surface area contributed by atoms with Crippen molar-refractivity contribution in [3.63, 3.8) is 0 Å². The van der Waals surface area contributed by atoms with Gasteiger partial charge in [-0.05, 0) is 25.1 Å². The predicted octanol–water partition coefficient (Wildman–Crippen LogP) is 2.74. The minimum Gasteiger partial charge on any atom is -0.337 e. The average Bonchev–Trinajstić information content (AvgIpc) is 2.94. The molecule has 0 unspecified atom stereocenters. The van der Waals surface area contributed by atoms with E-state index >= 15 is 0 Å². The molecule has 0 aromatic carbocycles. The molecule has 0 amide bonds. The summed E-state index contributed by atoms with van der Waals surface area (Å²) in [4.78, 5) is 4.03. The highest BCUT2D eigenvalue weighted by atomic mass is 32.1. The third-order valence-electron chi connectivity index (χ3n) is 2.91. The topological polar surface area (TPSA) is 51.4 Å². The Morgan fingerprint density at radius 1 is 1.33 bits per heavy atom. The average molecular weight is 265 g/mol. The van der Waals surface area contributed by atoms with Crippen LogP contribution in [0.2, 0.25) is 0 Å². The van der Waals surface area contributed by atoms with Crippen LogP contribution in [0, 0.1) is 4.77 Å². The molecule has 0 saturated carbocycles. The predicted molar refractivity (Wildman–Crippen MR) is 73.0 cm³/mol. The van der Waals surface area contributed by atoms with Crippen LogP contribution in [0.5, 0.6) is 0 Å². The summed E-state index contributed by atoms with van der Waals surface area (Å²) in [6, 6.07) is 0. The number of aromatic amines is 1. The summed E-state index contributed by atoms with van der Waals surface area (Å²) in [6.07, 6.45) is 7.85. The van der Waals surface area contributed by atoms with Crippen molar-refractivity contribution in [3.05, 3.63) is 29.3 Å². The Kier molecular flexibility index (Phi) is 4.30. The molecule has 0 aliphatic rings. The molecule has 2 aromatic rings. The van der Waals surface area contributed by atoms with Gasteiger partial charge in [0.1, 0.15) is 5.82 Å². The molecule has 2 heterocycles. The number of hydrogen-bond donors (Lipinski definition) is 1. The van der Waals surface area contributed by atoms with Gasteiger partial charge in [-0.25, -0.2) is 4.98 Å². The van der Waals surface area contributed by atoms with Gasteiger partial charge in [0.25, 0.3) is 0 Å². The Bertz CT molecular complexity index is 523. The van der Waals surface area contributed by atoms with Gasteiger partial charge in [0.2, 0.25) is 0 Å². The zero-order valence-corrected chi connectivity index (χ0v) is 11.7. The van der Waals surface area contributed by atoms with Gasteiger partial charge < -0.3 is 9.13 Å². The van der Waals surface area contributed by atoms with E-state index < -0.39 is 0 Å². The molecule has 0 atom stereocenters. The standard InChI is InChI=1S/C12H19N5S/c1-10(2)11-14-15-12(18)17(11)7-4-3-6-16-8-5-13-9-16/h5,8-10H,3-4,6-7H2,1-2H3,(H,15,18). The highest BCUT2D eigenvalue weighted by Crippen LogP contribution is 2.12. The van der Waals surface area contributed by atoms with E-state index in [2.05, 4.69) is 38.2 Å². The van der Waals surface area contributed by atoms with Crippen molar-refractivity contribution < 1.29 is 0 Å². The van der Waals surface area contributed by atoms with Crippen LogP contribution in [0.1, 0.15) is 38.4 Å². The SMILES string of the molecule is CC(C)c1n[nH]c(=S)n1CCCCn1ccnc1. The zero-order chi connectivity index (χ0) is 13.0. The first-order valence-corrected chi connectivity index (χ1v) is 6.70. The summed E-state index contributed by atoms with van der Waals surface area (Å²) in [5, 5.41) is 7.15. The molecule has 18 heavy (non-hydrogen) atoms. The smallest absolute Gasteiger partial charge is 0.195 e. The van der Waals surface area contributed by atoms with Crippen LogP contribution < -0.4 is 0 Å². The van der Waals surface area contributed by atoms with Gasteiger partial charge in [0.05, 0.1) is 6.33 Å².